The largest absolute Gasteiger partial charge is 0.370 e. The summed E-state index contributed by atoms with van der Waals surface area (Å²) in [5.41, 5.74) is 1.10. The number of aryl methyl sites for hydroxylation is 1. The number of hydrogen-bond donors (Lipinski definition) is 1. The smallest absolute Gasteiger partial charge is 0.222 e. The second-order valence-corrected chi connectivity index (χ2v) is 7.53. The second-order valence-electron chi connectivity index (χ2n) is 7.53. The molecule has 0 bridgehead atoms. The lowest BCUT2D eigenvalue weighted by Crippen LogP contribution is -2.48. The van der Waals surface area contributed by atoms with Gasteiger partial charge in [0.05, 0.1) is 19.3 Å². The van der Waals surface area contributed by atoms with Crippen molar-refractivity contribution in [1.82, 2.24) is 24.9 Å². The fourth-order valence-corrected chi connectivity index (χ4v) is 3.80. The maximum absolute atomic E-state index is 12.1. The van der Waals surface area contributed by atoms with Crippen molar-refractivity contribution in [3.8, 4) is 0 Å². The van der Waals surface area contributed by atoms with Crippen molar-refractivity contribution in [3.63, 3.8) is 0 Å². The van der Waals surface area contributed by atoms with E-state index >= 15 is 0 Å². The van der Waals surface area contributed by atoms with E-state index in [1.807, 2.05) is 24.3 Å². The van der Waals surface area contributed by atoms with Crippen LogP contribution in [0.3, 0.4) is 0 Å². The maximum Gasteiger partial charge on any atom is 0.222 e. The predicted molar refractivity (Wildman–Crippen MR) is 109 cm³/mol. The molecule has 2 fully saturated rings. The van der Waals surface area contributed by atoms with Crippen molar-refractivity contribution < 1.29 is 9.53 Å². The highest BCUT2D eigenvalue weighted by Gasteiger charge is 2.25. The van der Waals surface area contributed by atoms with Crippen molar-refractivity contribution in [2.24, 2.45) is 12.0 Å². The minimum absolute atomic E-state index is 0.0148. The van der Waals surface area contributed by atoms with Gasteiger partial charge in [0.1, 0.15) is 6.10 Å². The highest BCUT2D eigenvalue weighted by atomic mass is 16.5. The number of aliphatic imine (C=N–C) groups is 1. The normalized spacial score (nSPS) is 21.7. The summed E-state index contributed by atoms with van der Waals surface area (Å²) in [6, 6.07) is 0. The Hall–Kier alpha value is -2.09. The molecule has 0 spiro atoms. The zero-order chi connectivity index (χ0) is 19.8. The van der Waals surface area contributed by atoms with Gasteiger partial charge in [-0.3, -0.25) is 14.5 Å². The lowest BCUT2D eigenvalue weighted by molar-refractivity contribution is -0.130. The monoisotopic (exact) mass is 390 g/mol. The molecule has 1 aromatic rings. The van der Waals surface area contributed by atoms with E-state index < -0.39 is 0 Å². The molecule has 1 unspecified atom stereocenters. The Kier molecular flexibility index (Phi) is 7.71. The Morgan fingerprint density at radius 2 is 2.25 bits per heavy atom. The van der Waals surface area contributed by atoms with Crippen LogP contribution in [-0.2, 0) is 16.6 Å². The first-order chi connectivity index (χ1) is 13.7. The summed E-state index contributed by atoms with van der Waals surface area (Å²) in [6.45, 7) is 7.62. The molecule has 2 saturated heterocycles. The molecule has 1 amide bonds. The lowest BCUT2D eigenvalue weighted by Gasteiger charge is -2.34. The van der Waals surface area contributed by atoms with E-state index in [9.17, 15) is 4.79 Å². The number of nitrogens with one attached hydrogen (secondary N) is 1. The van der Waals surface area contributed by atoms with Gasteiger partial charge in [0.25, 0.3) is 0 Å². The second kappa shape index (κ2) is 10.5. The minimum Gasteiger partial charge on any atom is -0.370 e. The van der Waals surface area contributed by atoms with Crippen LogP contribution >= 0.6 is 0 Å². The summed E-state index contributed by atoms with van der Waals surface area (Å²) in [6.07, 6.45) is 8.83. The number of amides is 1. The van der Waals surface area contributed by atoms with Gasteiger partial charge in [0.2, 0.25) is 5.91 Å². The van der Waals surface area contributed by atoms with Crippen LogP contribution in [0.1, 0.15) is 50.7 Å². The number of rotatable bonds is 6. The van der Waals surface area contributed by atoms with Gasteiger partial charge in [-0.05, 0) is 26.2 Å². The summed E-state index contributed by atoms with van der Waals surface area (Å²) in [5.74, 6) is 1.24. The van der Waals surface area contributed by atoms with E-state index in [0.717, 1.165) is 70.1 Å². The van der Waals surface area contributed by atoms with E-state index in [4.69, 9.17) is 9.73 Å². The number of carbonyl (C=O) groups is 1. The van der Waals surface area contributed by atoms with Gasteiger partial charge in [0, 0.05) is 58.0 Å². The van der Waals surface area contributed by atoms with Gasteiger partial charge in [-0.15, -0.1) is 0 Å². The fraction of sp³-hybridized carbons (Fsp3) is 0.750. The maximum atomic E-state index is 12.1. The Bertz CT molecular complexity index is 659. The van der Waals surface area contributed by atoms with E-state index in [1.54, 1.807) is 4.68 Å². The first-order valence-corrected chi connectivity index (χ1v) is 10.6. The van der Waals surface area contributed by atoms with Crippen LogP contribution in [0.2, 0.25) is 0 Å². The topological polar surface area (TPSA) is 75.0 Å². The molecule has 28 heavy (non-hydrogen) atoms. The van der Waals surface area contributed by atoms with Crippen LogP contribution in [0.15, 0.2) is 17.4 Å². The molecule has 2 aliphatic rings. The average molecular weight is 391 g/mol. The molecule has 8 heteroatoms. The zero-order valence-corrected chi connectivity index (χ0v) is 17.3. The number of hydrogen-bond acceptors (Lipinski definition) is 4. The van der Waals surface area contributed by atoms with Gasteiger partial charge in [-0.1, -0.05) is 6.42 Å². The highest BCUT2D eigenvalue weighted by molar-refractivity contribution is 5.80. The van der Waals surface area contributed by atoms with E-state index in [2.05, 4.69) is 22.2 Å². The number of guanidine groups is 1. The molecule has 3 rings (SSSR count). The van der Waals surface area contributed by atoms with E-state index in [1.165, 1.54) is 6.42 Å². The standard InChI is InChI=1S/C20H34N6O2/c1-3-21-20(22-9-7-11-25-10-6-4-5-8-19(25)27)26-12-13-28-18(16-26)17-14-23-24(2)15-17/h14-15,18H,3-13,16H2,1-2H3,(H,21,22). The van der Waals surface area contributed by atoms with Crippen LogP contribution in [0.5, 0.6) is 0 Å². The van der Waals surface area contributed by atoms with E-state index in [0.29, 0.717) is 18.9 Å². The first kappa shape index (κ1) is 20.6. The molecule has 1 aromatic heterocycles. The first-order valence-electron chi connectivity index (χ1n) is 10.6. The van der Waals surface area contributed by atoms with E-state index in [-0.39, 0.29) is 6.10 Å². The molecule has 0 aromatic carbocycles. The summed E-state index contributed by atoms with van der Waals surface area (Å²) in [7, 11) is 1.92. The Morgan fingerprint density at radius 3 is 3.04 bits per heavy atom. The molecule has 1 N–H and O–H groups in total. The van der Waals surface area contributed by atoms with Gasteiger partial charge in [0.15, 0.2) is 5.96 Å². The molecule has 1 atom stereocenters. The van der Waals surface area contributed by atoms with Crippen molar-refractivity contribution in [2.75, 3.05) is 45.9 Å². The summed E-state index contributed by atoms with van der Waals surface area (Å²) in [4.78, 5) is 21.2. The Balaban J connectivity index is 1.53. The number of ether oxygens (including phenoxy) is 1. The molecule has 0 aliphatic carbocycles. The molecular weight excluding hydrogens is 356 g/mol. The summed E-state index contributed by atoms with van der Waals surface area (Å²) < 4.78 is 7.75. The molecular formula is C20H34N6O2. The Morgan fingerprint density at radius 1 is 1.36 bits per heavy atom. The van der Waals surface area contributed by atoms with Gasteiger partial charge < -0.3 is 19.9 Å². The van der Waals surface area contributed by atoms with Crippen LogP contribution in [0, 0.1) is 0 Å². The minimum atomic E-state index is 0.0148. The molecule has 0 radical (unpaired) electrons. The molecule has 156 valence electrons. The number of nitrogens with zero attached hydrogens (tertiary/aromatic N) is 5. The zero-order valence-electron chi connectivity index (χ0n) is 17.3. The van der Waals surface area contributed by atoms with Gasteiger partial charge >= 0.3 is 0 Å². The summed E-state index contributed by atoms with van der Waals surface area (Å²) in [5, 5.41) is 7.66. The number of morpholine rings is 1. The highest BCUT2D eigenvalue weighted by Crippen LogP contribution is 2.21. The molecule has 0 saturated carbocycles. The van der Waals surface area contributed by atoms with Crippen LogP contribution in [0.4, 0.5) is 0 Å². The number of aromatic nitrogens is 2. The predicted octanol–water partition coefficient (Wildman–Crippen LogP) is 1.55. The lowest BCUT2D eigenvalue weighted by atomic mass is 10.1. The SMILES string of the molecule is CCNC(=NCCCN1CCCCCC1=O)N1CCOC(c2cnn(C)c2)C1. The third-order valence-corrected chi connectivity index (χ3v) is 5.32. The number of carbonyl (C=O) groups excluding carboxylic acids is 1. The Labute approximate surface area is 167 Å². The molecule has 3 heterocycles. The third-order valence-electron chi connectivity index (χ3n) is 5.32. The number of likely N-dealkylation sites (tertiary alicyclic amines) is 1. The van der Waals surface area contributed by atoms with Crippen molar-refractivity contribution >= 4 is 11.9 Å². The van der Waals surface area contributed by atoms with Crippen LogP contribution in [-0.4, -0.2) is 77.3 Å². The molecule has 2 aliphatic heterocycles. The fourth-order valence-electron chi connectivity index (χ4n) is 3.80. The van der Waals surface area contributed by atoms with Crippen molar-refractivity contribution in [3.05, 3.63) is 18.0 Å². The van der Waals surface area contributed by atoms with Crippen LogP contribution in [0.25, 0.3) is 0 Å². The molecule has 8 nitrogen and oxygen atoms in total. The third kappa shape index (κ3) is 5.70. The van der Waals surface area contributed by atoms with Crippen molar-refractivity contribution in [1.29, 1.82) is 0 Å². The summed E-state index contributed by atoms with van der Waals surface area (Å²) >= 11 is 0. The van der Waals surface area contributed by atoms with Gasteiger partial charge in [-0.25, -0.2) is 0 Å². The quantitative estimate of drug-likeness (QED) is 0.453. The average Bonchev–Trinajstić information content (AvgIpc) is 3.04. The van der Waals surface area contributed by atoms with Gasteiger partial charge in [-0.2, -0.15) is 5.10 Å². The van der Waals surface area contributed by atoms with Crippen LogP contribution < -0.4 is 5.32 Å². The van der Waals surface area contributed by atoms with Crippen molar-refractivity contribution in [2.45, 2.75) is 45.1 Å².